The van der Waals surface area contributed by atoms with E-state index in [-0.39, 0.29) is 12.5 Å². The number of aliphatic hydroxyl groups is 1. The van der Waals surface area contributed by atoms with Crippen molar-refractivity contribution < 1.29 is 19.4 Å². The van der Waals surface area contributed by atoms with Crippen molar-refractivity contribution in [1.29, 1.82) is 0 Å². The van der Waals surface area contributed by atoms with Gasteiger partial charge in [-0.3, -0.25) is 4.90 Å². The highest BCUT2D eigenvalue weighted by Crippen LogP contribution is 2.26. The molecule has 0 spiro atoms. The van der Waals surface area contributed by atoms with Crippen molar-refractivity contribution in [2.45, 2.75) is 51.7 Å². The van der Waals surface area contributed by atoms with Gasteiger partial charge < -0.3 is 14.6 Å². The third-order valence-electron chi connectivity index (χ3n) is 5.06. The lowest BCUT2D eigenvalue weighted by Crippen LogP contribution is -2.32. The van der Waals surface area contributed by atoms with Gasteiger partial charge in [0.2, 0.25) is 0 Å². The van der Waals surface area contributed by atoms with Crippen LogP contribution in [0.15, 0.2) is 24.3 Å². The molecule has 1 aliphatic carbocycles. The van der Waals surface area contributed by atoms with E-state index >= 15 is 0 Å². The lowest BCUT2D eigenvalue weighted by molar-refractivity contribution is -0.155. The van der Waals surface area contributed by atoms with Gasteiger partial charge in [-0.05, 0) is 43.0 Å². The number of carbonyl (C=O) groups excluding carboxylic acids is 1. The Morgan fingerprint density at radius 3 is 2.56 bits per heavy atom. The molecule has 1 aromatic carbocycles. The number of ether oxygens (including phenoxy) is 2. The quantitative estimate of drug-likeness (QED) is 0.561. The minimum Gasteiger partial charge on any atom is -0.497 e. The molecule has 0 amide bonds. The Morgan fingerprint density at radius 2 is 1.93 bits per heavy atom. The maximum absolute atomic E-state index is 11.9. The van der Waals surface area contributed by atoms with Crippen molar-refractivity contribution in [1.82, 2.24) is 4.90 Å². The van der Waals surface area contributed by atoms with E-state index in [1.54, 1.807) is 7.11 Å². The molecule has 1 atom stereocenters. The predicted octanol–water partition coefficient (Wildman–Crippen LogP) is 3.00. The molecule has 148 valence electrons. The summed E-state index contributed by atoms with van der Waals surface area (Å²) in [6.45, 7) is 4.40. The summed E-state index contributed by atoms with van der Waals surface area (Å²) in [5.74, 6) is 6.27. The summed E-state index contributed by atoms with van der Waals surface area (Å²) in [4.78, 5) is 14.1. The molecular weight excluding hydrogens is 342 g/mol. The highest BCUT2D eigenvalue weighted by molar-refractivity contribution is 5.74. The average Bonchev–Trinajstić information content (AvgIpc) is 2.73. The fourth-order valence-corrected chi connectivity index (χ4v) is 3.32. The Bertz CT molecular complexity index is 626. The molecule has 1 saturated carbocycles. The van der Waals surface area contributed by atoms with Crippen LogP contribution in [0.4, 0.5) is 0 Å². The van der Waals surface area contributed by atoms with Gasteiger partial charge in [0, 0.05) is 6.54 Å². The Morgan fingerprint density at radius 1 is 1.22 bits per heavy atom. The number of methoxy groups -OCH3 is 1. The number of carbonyl (C=O) groups is 1. The summed E-state index contributed by atoms with van der Waals surface area (Å²) < 4.78 is 10.3. The summed E-state index contributed by atoms with van der Waals surface area (Å²) in [7, 11) is 1.66. The second-order valence-corrected chi connectivity index (χ2v) is 6.96. The molecule has 1 unspecified atom stereocenters. The third kappa shape index (κ3) is 7.24. The number of hydrogen-bond donors (Lipinski definition) is 1. The molecule has 5 nitrogen and oxygen atoms in total. The molecule has 0 heterocycles. The highest BCUT2D eigenvalue weighted by Gasteiger charge is 2.28. The first-order chi connectivity index (χ1) is 13.1. The van der Waals surface area contributed by atoms with Gasteiger partial charge >= 0.3 is 5.97 Å². The van der Waals surface area contributed by atoms with E-state index in [1.807, 2.05) is 24.3 Å². The second kappa shape index (κ2) is 11.6. The van der Waals surface area contributed by atoms with Gasteiger partial charge in [-0.15, -0.1) is 0 Å². The van der Waals surface area contributed by atoms with Crippen LogP contribution in [0.3, 0.4) is 0 Å². The first-order valence-corrected chi connectivity index (χ1v) is 9.79. The smallest absolute Gasteiger partial charge is 0.336 e. The van der Waals surface area contributed by atoms with Crippen LogP contribution in [0.5, 0.6) is 5.75 Å². The Hall–Kier alpha value is -2.03. The summed E-state index contributed by atoms with van der Waals surface area (Å²) in [6.07, 6.45) is 4.14. The molecule has 0 aromatic heterocycles. The minimum atomic E-state index is -1.01. The van der Waals surface area contributed by atoms with E-state index in [1.165, 1.54) is 12.0 Å². The molecule has 0 radical (unpaired) electrons. The fourth-order valence-electron chi connectivity index (χ4n) is 3.32. The topological polar surface area (TPSA) is 59.0 Å². The van der Waals surface area contributed by atoms with Crippen LogP contribution in [-0.2, 0) is 16.1 Å². The van der Waals surface area contributed by atoms with Crippen LogP contribution in [0, 0.1) is 17.8 Å². The van der Waals surface area contributed by atoms with Crippen molar-refractivity contribution in [3.05, 3.63) is 29.8 Å². The third-order valence-corrected chi connectivity index (χ3v) is 5.06. The number of hydrogen-bond acceptors (Lipinski definition) is 5. The van der Waals surface area contributed by atoms with Crippen LogP contribution in [0.1, 0.15) is 44.6 Å². The number of aliphatic hydroxyl groups excluding tert-OH is 1. The summed E-state index contributed by atoms with van der Waals surface area (Å²) in [5.41, 5.74) is 1.20. The van der Waals surface area contributed by atoms with Crippen molar-refractivity contribution in [2.75, 3.05) is 26.8 Å². The lowest BCUT2D eigenvalue weighted by Gasteiger charge is -2.24. The number of benzene rings is 1. The van der Waals surface area contributed by atoms with Gasteiger partial charge in [0.05, 0.1) is 13.7 Å². The molecule has 1 aromatic rings. The summed E-state index contributed by atoms with van der Waals surface area (Å²) in [5, 5.41) is 10.1. The van der Waals surface area contributed by atoms with E-state index in [0.29, 0.717) is 6.54 Å². The molecule has 1 fully saturated rings. The molecule has 2 rings (SSSR count). The Labute approximate surface area is 162 Å². The van der Waals surface area contributed by atoms with E-state index in [0.717, 1.165) is 44.5 Å². The summed E-state index contributed by atoms with van der Waals surface area (Å²) >= 11 is 0. The van der Waals surface area contributed by atoms with E-state index in [4.69, 9.17) is 9.47 Å². The van der Waals surface area contributed by atoms with Gasteiger partial charge in [-0.25, -0.2) is 4.79 Å². The Kier molecular flexibility index (Phi) is 9.17. The maximum atomic E-state index is 11.9. The first-order valence-electron chi connectivity index (χ1n) is 9.79. The van der Waals surface area contributed by atoms with Crippen LogP contribution < -0.4 is 4.74 Å². The lowest BCUT2D eigenvalue weighted by atomic mass is 9.85. The molecule has 0 aliphatic heterocycles. The SMILES string of the molecule is CCN(CC#CCOC(=O)C(O)C1CCCCC1)Cc1ccc(OC)cc1. The molecule has 1 N–H and O–H groups in total. The number of nitrogens with zero attached hydrogens (tertiary/aromatic N) is 1. The monoisotopic (exact) mass is 373 g/mol. The van der Waals surface area contributed by atoms with Crippen molar-refractivity contribution in [3.63, 3.8) is 0 Å². The largest absolute Gasteiger partial charge is 0.497 e. The molecule has 1 aliphatic rings. The van der Waals surface area contributed by atoms with Gasteiger partial charge in [0.15, 0.2) is 12.7 Å². The normalized spacial score (nSPS) is 15.7. The second-order valence-electron chi connectivity index (χ2n) is 6.96. The zero-order chi connectivity index (χ0) is 19.5. The van der Waals surface area contributed by atoms with E-state index in [2.05, 4.69) is 23.7 Å². The molecule has 0 saturated heterocycles. The predicted molar refractivity (Wildman–Crippen MR) is 105 cm³/mol. The molecule has 0 bridgehead atoms. The van der Waals surface area contributed by atoms with Gasteiger partial charge in [-0.1, -0.05) is 50.2 Å². The number of esters is 1. The van der Waals surface area contributed by atoms with Crippen LogP contribution >= 0.6 is 0 Å². The number of rotatable bonds is 8. The fraction of sp³-hybridized carbons (Fsp3) is 0.591. The zero-order valence-electron chi connectivity index (χ0n) is 16.4. The van der Waals surface area contributed by atoms with Gasteiger partial charge in [-0.2, -0.15) is 0 Å². The van der Waals surface area contributed by atoms with Gasteiger partial charge in [0.1, 0.15) is 5.75 Å². The average molecular weight is 373 g/mol. The van der Waals surface area contributed by atoms with Crippen molar-refractivity contribution in [2.24, 2.45) is 5.92 Å². The molecule has 5 heteroatoms. The minimum absolute atomic E-state index is 0.0305. The maximum Gasteiger partial charge on any atom is 0.336 e. The van der Waals surface area contributed by atoms with E-state index < -0.39 is 12.1 Å². The summed E-state index contributed by atoms with van der Waals surface area (Å²) in [6, 6.07) is 7.99. The van der Waals surface area contributed by atoms with Gasteiger partial charge in [0.25, 0.3) is 0 Å². The Balaban J connectivity index is 1.71. The van der Waals surface area contributed by atoms with Crippen molar-refractivity contribution in [3.8, 4) is 17.6 Å². The van der Waals surface area contributed by atoms with Crippen LogP contribution in [0.2, 0.25) is 0 Å². The zero-order valence-corrected chi connectivity index (χ0v) is 16.4. The standard InChI is InChI=1S/C22H31NO4/c1-3-23(17-18-11-13-20(26-2)14-12-18)15-7-8-16-27-22(25)21(24)19-9-5-4-6-10-19/h11-14,19,21,24H,3-6,9-10,15-17H2,1-2H3. The van der Waals surface area contributed by atoms with Crippen LogP contribution in [-0.4, -0.2) is 48.9 Å². The van der Waals surface area contributed by atoms with Crippen molar-refractivity contribution >= 4 is 5.97 Å². The first kappa shape index (κ1) is 21.3. The van der Waals surface area contributed by atoms with Crippen LogP contribution in [0.25, 0.3) is 0 Å². The van der Waals surface area contributed by atoms with E-state index in [9.17, 15) is 9.90 Å². The molecular formula is C22H31NO4. The highest BCUT2D eigenvalue weighted by atomic mass is 16.5. The molecule has 27 heavy (non-hydrogen) atoms.